The first-order valence-electron chi connectivity index (χ1n) is 11.0. The Hall–Kier alpha value is -5.00. The Morgan fingerprint density at radius 3 is 2.28 bits per heavy atom. The molecule has 3 aromatic carbocycles. The first-order valence-corrected chi connectivity index (χ1v) is 11.0. The van der Waals surface area contributed by atoms with Crippen LogP contribution in [0.1, 0.15) is 19.4 Å². The molecule has 186 valence electrons. The van der Waals surface area contributed by atoms with Gasteiger partial charge in [0.1, 0.15) is 0 Å². The normalized spacial score (nSPS) is 10.7. The molecule has 12 heteroatoms. The van der Waals surface area contributed by atoms with Crippen LogP contribution in [-0.2, 0) is 0 Å². The molecule has 0 fully saturated rings. The second kappa shape index (κ2) is 11.4. The van der Waals surface area contributed by atoms with Crippen LogP contribution in [0.25, 0.3) is 11.0 Å². The van der Waals surface area contributed by atoms with Crippen LogP contribution in [0, 0.1) is 20.2 Å². The quantitative estimate of drug-likeness (QED) is 0.137. The number of anilines is 1. The van der Waals surface area contributed by atoms with E-state index < -0.39 is 27.0 Å². The number of nitro groups is 2. The zero-order valence-corrected chi connectivity index (χ0v) is 19.7. The SMILES string of the molecule is CCN(CC)c1ccc(/C=N/n2c[n+](N)c3ccccc32)cc1.O=[N+]([O-])c1ccc([O-])c([N+](=O)[O-])c1. The van der Waals surface area contributed by atoms with Crippen molar-refractivity contribution in [3.63, 3.8) is 0 Å². The molecule has 4 rings (SSSR count). The second-order valence-electron chi connectivity index (χ2n) is 7.53. The molecule has 0 aliphatic heterocycles. The van der Waals surface area contributed by atoms with Crippen LogP contribution in [0.4, 0.5) is 17.1 Å². The van der Waals surface area contributed by atoms with Crippen LogP contribution in [0.15, 0.2) is 78.2 Å². The molecule has 0 bridgehead atoms. The molecule has 0 spiro atoms. The lowest BCUT2D eigenvalue weighted by Gasteiger charge is -2.20. The van der Waals surface area contributed by atoms with Gasteiger partial charge in [0.15, 0.2) is 0 Å². The van der Waals surface area contributed by atoms with Crippen LogP contribution in [-0.4, -0.2) is 33.8 Å². The van der Waals surface area contributed by atoms with Gasteiger partial charge in [-0.3, -0.25) is 26.1 Å². The summed E-state index contributed by atoms with van der Waals surface area (Å²) in [5, 5.41) is 35.6. The Labute approximate surface area is 206 Å². The van der Waals surface area contributed by atoms with E-state index in [0.29, 0.717) is 6.07 Å². The molecule has 0 aliphatic carbocycles. The van der Waals surface area contributed by atoms with Crippen molar-refractivity contribution in [1.29, 1.82) is 0 Å². The maximum atomic E-state index is 10.8. The fourth-order valence-electron chi connectivity index (χ4n) is 3.46. The first-order chi connectivity index (χ1) is 17.2. The molecule has 0 saturated carbocycles. The van der Waals surface area contributed by atoms with Gasteiger partial charge in [0, 0.05) is 24.8 Å². The third-order valence-corrected chi connectivity index (χ3v) is 5.34. The molecule has 12 nitrogen and oxygen atoms in total. The van der Waals surface area contributed by atoms with Crippen molar-refractivity contribution >= 4 is 34.3 Å². The maximum Gasteiger partial charge on any atom is 0.293 e. The highest BCUT2D eigenvalue weighted by Crippen LogP contribution is 2.27. The monoisotopic (exact) mass is 491 g/mol. The molecule has 0 saturated heterocycles. The molecule has 0 radical (unpaired) electrons. The second-order valence-corrected chi connectivity index (χ2v) is 7.53. The Morgan fingerprint density at radius 1 is 1.00 bits per heavy atom. The number of imidazole rings is 1. The smallest absolute Gasteiger partial charge is 0.293 e. The molecular weight excluding hydrogens is 466 g/mol. The van der Waals surface area contributed by atoms with Crippen molar-refractivity contribution in [1.82, 2.24) is 4.68 Å². The van der Waals surface area contributed by atoms with Crippen LogP contribution in [0.2, 0.25) is 0 Å². The van der Waals surface area contributed by atoms with Gasteiger partial charge in [-0.05, 0) is 49.4 Å². The molecule has 0 atom stereocenters. The third-order valence-electron chi connectivity index (χ3n) is 5.34. The van der Waals surface area contributed by atoms with Gasteiger partial charge >= 0.3 is 0 Å². The van der Waals surface area contributed by atoms with E-state index >= 15 is 0 Å². The maximum absolute atomic E-state index is 10.8. The van der Waals surface area contributed by atoms with Gasteiger partial charge in [-0.1, -0.05) is 40.1 Å². The van der Waals surface area contributed by atoms with Gasteiger partial charge in [0.2, 0.25) is 11.0 Å². The number of benzene rings is 3. The molecule has 4 aromatic rings. The highest BCUT2D eigenvalue weighted by atomic mass is 16.6. The van der Waals surface area contributed by atoms with Gasteiger partial charge in [-0.15, -0.1) is 4.68 Å². The van der Waals surface area contributed by atoms with E-state index in [-0.39, 0.29) is 0 Å². The standard InChI is InChI=1S/C18H22N5.C6H4N2O5/c1-3-21(4-2)16-11-9-15(10-12-16)13-20-23-14-22(19)17-7-5-6-8-18(17)23;9-6-2-1-4(7(10)11)3-5(6)8(12)13/h5-14H,3-4,19H2,1-2H3;1-3,9H/q+1;/p-1/b20-13+;. The number of rotatable bonds is 7. The van der Waals surface area contributed by atoms with E-state index in [4.69, 9.17) is 5.84 Å². The number of nitrogens with zero attached hydrogens (tertiary/aromatic N) is 6. The molecule has 0 amide bonds. The van der Waals surface area contributed by atoms with E-state index in [2.05, 4.69) is 48.1 Å². The Bertz CT molecular complexity index is 1400. The van der Waals surface area contributed by atoms with Gasteiger partial charge in [-0.25, -0.2) is 0 Å². The van der Waals surface area contributed by atoms with E-state index in [1.165, 1.54) is 5.69 Å². The number of nitrogen functional groups attached to an aromatic ring is 1. The van der Waals surface area contributed by atoms with E-state index in [0.717, 1.165) is 41.8 Å². The molecule has 0 aliphatic rings. The van der Waals surface area contributed by atoms with Crippen molar-refractivity contribution in [3.05, 3.63) is 98.8 Å². The molecular formula is C24H25N7O5. The van der Waals surface area contributed by atoms with Crippen molar-refractivity contribution in [2.24, 2.45) is 5.10 Å². The van der Waals surface area contributed by atoms with Gasteiger partial charge in [0.05, 0.1) is 22.1 Å². The van der Waals surface area contributed by atoms with E-state index in [1.807, 2.05) is 30.5 Å². The number of nitrogens with two attached hydrogens (primary N) is 1. The summed E-state index contributed by atoms with van der Waals surface area (Å²) in [6.07, 6.45) is 3.61. The Balaban J connectivity index is 0.000000236. The van der Waals surface area contributed by atoms with Crippen molar-refractivity contribution in [2.75, 3.05) is 23.8 Å². The fourth-order valence-corrected chi connectivity index (χ4v) is 3.46. The van der Waals surface area contributed by atoms with Crippen molar-refractivity contribution < 1.29 is 19.6 Å². The van der Waals surface area contributed by atoms with Crippen molar-refractivity contribution in [3.8, 4) is 5.75 Å². The summed E-state index contributed by atoms with van der Waals surface area (Å²) in [6, 6.07) is 18.7. The molecule has 0 unspecified atom stereocenters. The van der Waals surface area contributed by atoms with Crippen LogP contribution in [0.3, 0.4) is 0 Å². The number of non-ortho nitro benzene ring substituents is 1. The number of aromatic nitrogens is 2. The number of para-hydroxylation sites is 2. The average Bonchev–Trinajstić information content (AvgIpc) is 3.20. The minimum absolute atomic E-state index is 0.466. The van der Waals surface area contributed by atoms with Crippen LogP contribution in [0.5, 0.6) is 5.75 Å². The number of fused-ring (bicyclic) bond motifs is 1. The molecule has 36 heavy (non-hydrogen) atoms. The topological polar surface area (TPSA) is 160 Å². The summed E-state index contributed by atoms with van der Waals surface area (Å²) in [5.74, 6) is 5.11. The lowest BCUT2D eigenvalue weighted by molar-refractivity contribution is -0.612. The summed E-state index contributed by atoms with van der Waals surface area (Å²) < 4.78 is 3.36. The molecule has 2 N–H and O–H groups in total. The first kappa shape index (κ1) is 25.6. The van der Waals surface area contributed by atoms with Gasteiger partial charge in [0.25, 0.3) is 17.7 Å². The van der Waals surface area contributed by atoms with Crippen LogP contribution < -0.4 is 20.5 Å². The van der Waals surface area contributed by atoms with Crippen LogP contribution >= 0.6 is 0 Å². The highest BCUT2D eigenvalue weighted by molar-refractivity contribution is 5.81. The van der Waals surface area contributed by atoms with E-state index in [9.17, 15) is 25.3 Å². The number of nitro benzene ring substituents is 2. The summed E-state index contributed by atoms with van der Waals surface area (Å²) >= 11 is 0. The predicted octanol–water partition coefficient (Wildman–Crippen LogP) is 2.95. The summed E-state index contributed by atoms with van der Waals surface area (Å²) in [7, 11) is 0. The fraction of sp³-hybridized carbons (Fsp3) is 0.167. The average molecular weight is 492 g/mol. The lowest BCUT2D eigenvalue weighted by atomic mass is 10.2. The number of hydrogen-bond donors (Lipinski definition) is 1. The van der Waals surface area contributed by atoms with Crippen molar-refractivity contribution in [2.45, 2.75) is 13.8 Å². The minimum Gasteiger partial charge on any atom is -0.868 e. The summed E-state index contributed by atoms with van der Waals surface area (Å²) in [6.45, 7) is 6.35. The molecule has 1 heterocycles. The Kier molecular flexibility index (Phi) is 8.13. The largest absolute Gasteiger partial charge is 0.868 e. The van der Waals surface area contributed by atoms with Gasteiger partial charge < -0.3 is 10.0 Å². The summed E-state index contributed by atoms with van der Waals surface area (Å²) in [5.41, 5.74) is 2.97. The van der Waals surface area contributed by atoms with Gasteiger partial charge in [-0.2, -0.15) is 0 Å². The third kappa shape index (κ3) is 5.91. The Morgan fingerprint density at radius 2 is 1.67 bits per heavy atom. The lowest BCUT2D eigenvalue weighted by Crippen LogP contribution is -2.42. The number of hydrogen-bond acceptors (Lipinski definition) is 8. The minimum atomic E-state index is -0.949. The zero-order valence-electron chi connectivity index (χ0n) is 19.7. The van der Waals surface area contributed by atoms with E-state index in [1.54, 1.807) is 15.7 Å². The summed E-state index contributed by atoms with van der Waals surface area (Å²) in [4.78, 5) is 20.9. The highest BCUT2D eigenvalue weighted by Gasteiger charge is 2.14. The molecule has 1 aromatic heterocycles. The predicted molar refractivity (Wildman–Crippen MR) is 134 cm³/mol. The zero-order chi connectivity index (χ0) is 26.2.